The zero-order chi connectivity index (χ0) is 16.7. The summed E-state index contributed by atoms with van der Waals surface area (Å²) in [5.41, 5.74) is 0. The first-order chi connectivity index (χ1) is 11.0. The van der Waals surface area contributed by atoms with E-state index in [2.05, 4.69) is 36.6 Å². The molecule has 0 aromatic heterocycles. The average Bonchev–Trinajstić information content (AvgIpc) is 2.52. The van der Waals surface area contributed by atoms with E-state index < -0.39 is 6.03 Å². The number of benzene rings is 2. The molecule has 0 aliphatic rings. The van der Waals surface area contributed by atoms with E-state index in [1.165, 1.54) is 17.1 Å². The second-order valence-corrected chi connectivity index (χ2v) is 6.83. The smallest absolute Gasteiger partial charge is 0.321 e. The lowest BCUT2D eigenvalue weighted by Crippen LogP contribution is -2.40. The number of fused-ring (bicyclic) bond motifs is 1. The summed E-state index contributed by atoms with van der Waals surface area (Å²) in [5.74, 6) is 0.454. The van der Waals surface area contributed by atoms with E-state index in [0.29, 0.717) is 12.5 Å². The molecule has 0 unspecified atom stereocenters. The molecule has 2 N–H and O–H groups in total. The molecule has 0 heterocycles. The first-order valence-corrected chi connectivity index (χ1v) is 8.72. The lowest BCUT2D eigenvalue weighted by Gasteiger charge is -2.08. The minimum Gasteiger partial charge on any atom is -0.338 e. The van der Waals surface area contributed by atoms with Crippen LogP contribution in [0.5, 0.6) is 0 Å². The van der Waals surface area contributed by atoms with Crippen LogP contribution in [0.3, 0.4) is 0 Å². The molecule has 0 saturated carbocycles. The van der Waals surface area contributed by atoms with Crippen molar-refractivity contribution in [2.45, 2.75) is 25.2 Å². The van der Waals surface area contributed by atoms with Crippen molar-refractivity contribution in [3.8, 4) is 0 Å². The van der Waals surface area contributed by atoms with Gasteiger partial charge in [-0.25, -0.2) is 4.79 Å². The van der Waals surface area contributed by atoms with Gasteiger partial charge in [0, 0.05) is 11.4 Å². The predicted molar refractivity (Wildman–Crippen MR) is 95.7 cm³/mol. The number of urea groups is 1. The average molecular weight is 330 g/mol. The Labute approximate surface area is 141 Å². The quantitative estimate of drug-likeness (QED) is 0.792. The van der Waals surface area contributed by atoms with Crippen LogP contribution in [0.2, 0.25) is 0 Å². The van der Waals surface area contributed by atoms with Gasteiger partial charge in [0.05, 0.1) is 5.75 Å². The summed E-state index contributed by atoms with van der Waals surface area (Å²) in [6.45, 7) is 4.75. The van der Waals surface area contributed by atoms with Crippen LogP contribution in [-0.2, 0) is 4.79 Å². The predicted octanol–water partition coefficient (Wildman–Crippen LogP) is 3.80. The Bertz CT molecular complexity index is 686. The van der Waals surface area contributed by atoms with Crippen LogP contribution >= 0.6 is 11.8 Å². The third-order valence-corrected chi connectivity index (χ3v) is 4.34. The number of hydrogen-bond donors (Lipinski definition) is 2. The highest BCUT2D eigenvalue weighted by Gasteiger charge is 2.08. The fraction of sp³-hybridized carbons (Fsp3) is 0.333. The van der Waals surface area contributed by atoms with Gasteiger partial charge in [-0.1, -0.05) is 44.2 Å². The maximum absolute atomic E-state index is 11.8. The molecule has 122 valence electrons. The van der Waals surface area contributed by atoms with Gasteiger partial charge in [0.2, 0.25) is 5.91 Å². The molecular weight excluding hydrogens is 308 g/mol. The van der Waals surface area contributed by atoms with Crippen LogP contribution in [0.15, 0.2) is 47.4 Å². The molecule has 0 radical (unpaired) electrons. The van der Waals surface area contributed by atoms with E-state index in [0.717, 1.165) is 16.7 Å². The van der Waals surface area contributed by atoms with E-state index >= 15 is 0 Å². The van der Waals surface area contributed by atoms with Gasteiger partial charge in [0.1, 0.15) is 0 Å². The molecule has 5 heteroatoms. The number of thioether (sulfide) groups is 1. The third kappa shape index (κ3) is 5.94. The monoisotopic (exact) mass is 330 g/mol. The third-order valence-electron chi connectivity index (χ3n) is 3.35. The largest absolute Gasteiger partial charge is 0.338 e. The highest BCUT2D eigenvalue weighted by atomic mass is 32.2. The number of hydrogen-bond acceptors (Lipinski definition) is 3. The molecule has 0 saturated heterocycles. The van der Waals surface area contributed by atoms with Crippen molar-refractivity contribution in [2.24, 2.45) is 5.92 Å². The van der Waals surface area contributed by atoms with Crippen LogP contribution in [0.25, 0.3) is 10.8 Å². The van der Waals surface area contributed by atoms with E-state index in [4.69, 9.17) is 0 Å². The SMILES string of the molecule is CC(C)CCNC(=O)NC(=O)CSc1ccc2ccccc2c1. The molecule has 4 nitrogen and oxygen atoms in total. The highest BCUT2D eigenvalue weighted by molar-refractivity contribution is 8.00. The Kier molecular flexibility index (Phi) is 6.47. The van der Waals surface area contributed by atoms with Crippen LogP contribution in [0.4, 0.5) is 4.79 Å². The number of nitrogens with one attached hydrogen (secondary N) is 2. The zero-order valence-corrected chi connectivity index (χ0v) is 14.3. The first-order valence-electron chi connectivity index (χ1n) is 7.74. The van der Waals surface area contributed by atoms with Gasteiger partial charge in [-0.3, -0.25) is 10.1 Å². The molecule has 23 heavy (non-hydrogen) atoms. The molecule has 0 atom stereocenters. The molecular formula is C18H22N2O2S. The fourth-order valence-electron chi connectivity index (χ4n) is 2.09. The topological polar surface area (TPSA) is 58.2 Å². The van der Waals surface area contributed by atoms with Crippen molar-refractivity contribution in [3.05, 3.63) is 42.5 Å². The van der Waals surface area contributed by atoms with Crippen LogP contribution in [0, 0.1) is 5.92 Å². The lowest BCUT2D eigenvalue weighted by molar-refractivity contribution is -0.117. The molecule has 3 amide bonds. The molecule has 0 aliphatic heterocycles. The van der Waals surface area contributed by atoms with Gasteiger partial charge < -0.3 is 5.32 Å². The Morgan fingerprint density at radius 2 is 1.83 bits per heavy atom. The van der Waals surface area contributed by atoms with E-state index in [9.17, 15) is 9.59 Å². The van der Waals surface area contributed by atoms with Crippen LogP contribution in [0.1, 0.15) is 20.3 Å². The lowest BCUT2D eigenvalue weighted by atomic mass is 10.1. The summed E-state index contributed by atoms with van der Waals surface area (Å²) in [7, 11) is 0. The molecule has 0 spiro atoms. The summed E-state index contributed by atoms with van der Waals surface area (Å²) in [4.78, 5) is 24.4. The first kappa shape index (κ1) is 17.3. The fourth-order valence-corrected chi connectivity index (χ4v) is 2.83. The number of imide groups is 1. The number of carbonyl (C=O) groups excluding carboxylic acids is 2. The summed E-state index contributed by atoms with van der Waals surface area (Å²) in [6.07, 6.45) is 0.896. The van der Waals surface area contributed by atoms with Crippen molar-refractivity contribution >= 4 is 34.5 Å². The molecule has 2 rings (SSSR count). The van der Waals surface area contributed by atoms with Crippen LogP contribution < -0.4 is 10.6 Å². The summed E-state index contributed by atoms with van der Waals surface area (Å²) in [6, 6.07) is 13.7. The van der Waals surface area contributed by atoms with Gasteiger partial charge in [0.25, 0.3) is 0 Å². The Morgan fingerprint density at radius 3 is 2.57 bits per heavy atom. The minimum atomic E-state index is -0.422. The number of rotatable bonds is 6. The molecule has 2 aromatic rings. The standard InChI is InChI=1S/C18H22N2O2S/c1-13(2)9-10-19-18(22)20-17(21)12-23-16-8-7-14-5-3-4-6-15(14)11-16/h3-8,11,13H,9-10,12H2,1-2H3,(H2,19,20,21,22). The molecule has 2 aromatic carbocycles. The second kappa shape index (κ2) is 8.58. The van der Waals surface area contributed by atoms with E-state index in [-0.39, 0.29) is 11.7 Å². The van der Waals surface area contributed by atoms with E-state index in [1.54, 1.807) is 0 Å². The van der Waals surface area contributed by atoms with Crippen molar-refractivity contribution < 1.29 is 9.59 Å². The van der Waals surface area contributed by atoms with Crippen molar-refractivity contribution in [2.75, 3.05) is 12.3 Å². The number of amides is 3. The second-order valence-electron chi connectivity index (χ2n) is 5.78. The molecule has 0 fully saturated rings. The van der Waals surface area contributed by atoms with Crippen molar-refractivity contribution in [3.63, 3.8) is 0 Å². The maximum atomic E-state index is 11.8. The molecule has 0 bridgehead atoms. The molecule has 0 aliphatic carbocycles. The number of carbonyl (C=O) groups is 2. The normalized spacial score (nSPS) is 10.7. The van der Waals surface area contributed by atoms with Crippen LogP contribution in [-0.4, -0.2) is 24.2 Å². The van der Waals surface area contributed by atoms with Gasteiger partial charge in [-0.2, -0.15) is 0 Å². The Morgan fingerprint density at radius 1 is 1.09 bits per heavy atom. The van der Waals surface area contributed by atoms with Gasteiger partial charge in [0.15, 0.2) is 0 Å². The van der Waals surface area contributed by atoms with E-state index in [1.807, 2.05) is 30.3 Å². The van der Waals surface area contributed by atoms with Crippen molar-refractivity contribution in [1.29, 1.82) is 0 Å². The zero-order valence-electron chi connectivity index (χ0n) is 13.5. The minimum absolute atomic E-state index is 0.218. The van der Waals surface area contributed by atoms with Gasteiger partial charge in [-0.05, 0) is 35.2 Å². The summed E-state index contributed by atoms with van der Waals surface area (Å²) >= 11 is 1.42. The summed E-state index contributed by atoms with van der Waals surface area (Å²) < 4.78 is 0. The Hall–Kier alpha value is -2.01. The summed E-state index contributed by atoms with van der Waals surface area (Å²) in [5, 5.41) is 7.35. The highest BCUT2D eigenvalue weighted by Crippen LogP contribution is 2.23. The maximum Gasteiger partial charge on any atom is 0.321 e. The van der Waals surface area contributed by atoms with Gasteiger partial charge in [-0.15, -0.1) is 11.8 Å². The van der Waals surface area contributed by atoms with Gasteiger partial charge >= 0.3 is 6.03 Å². The van der Waals surface area contributed by atoms with Crippen molar-refractivity contribution in [1.82, 2.24) is 10.6 Å². The Balaban J connectivity index is 1.77.